The van der Waals surface area contributed by atoms with Crippen molar-refractivity contribution < 1.29 is 13.9 Å². The summed E-state index contributed by atoms with van der Waals surface area (Å²) in [6.07, 6.45) is 0. The molecule has 2 aromatic rings. The smallest absolute Gasteiger partial charge is 0.243 e. The predicted molar refractivity (Wildman–Crippen MR) is 81.3 cm³/mol. The number of benzene rings is 2. The fourth-order valence-corrected chi connectivity index (χ4v) is 1.88. The largest absolute Gasteiger partial charge is 0.495 e. The van der Waals surface area contributed by atoms with Crippen LogP contribution in [0.25, 0.3) is 0 Å². The molecular weight excluding hydrogens is 271 g/mol. The SMILES string of the molecule is COc1ccccc1NC(=O)CNc1ccc(C)cc1F. The molecule has 0 fully saturated rings. The summed E-state index contributed by atoms with van der Waals surface area (Å²) in [6.45, 7) is 1.78. The molecule has 0 atom stereocenters. The summed E-state index contributed by atoms with van der Waals surface area (Å²) in [5.74, 6) is -0.0769. The number of amides is 1. The molecule has 2 aromatic carbocycles. The zero-order chi connectivity index (χ0) is 15.2. The fraction of sp³-hybridized carbons (Fsp3) is 0.188. The fourth-order valence-electron chi connectivity index (χ4n) is 1.88. The van der Waals surface area contributed by atoms with Gasteiger partial charge < -0.3 is 15.4 Å². The topological polar surface area (TPSA) is 50.4 Å². The van der Waals surface area contributed by atoms with Gasteiger partial charge in [-0.2, -0.15) is 0 Å². The molecule has 21 heavy (non-hydrogen) atoms. The molecule has 5 heteroatoms. The van der Waals surface area contributed by atoms with Gasteiger partial charge >= 0.3 is 0 Å². The molecule has 0 radical (unpaired) electrons. The highest BCUT2D eigenvalue weighted by Crippen LogP contribution is 2.23. The minimum atomic E-state index is -0.375. The predicted octanol–water partition coefficient (Wildman–Crippen LogP) is 3.19. The number of halogens is 1. The van der Waals surface area contributed by atoms with Crippen LogP contribution in [0.3, 0.4) is 0 Å². The molecule has 0 aliphatic carbocycles. The first kappa shape index (κ1) is 14.8. The first-order valence-corrected chi connectivity index (χ1v) is 6.53. The molecule has 2 N–H and O–H groups in total. The van der Waals surface area contributed by atoms with E-state index in [0.29, 0.717) is 17.1 Å². The number of rotatable bonds is 5. The van der Waals surface area contributed by atoms with E-state index in [0.717, 1.165) is 5.56 Å². The van der Waals surface area contributed by atoms with E-state index in [4.69, 9.17) is 4.74 Å². The third-order valence-electron chi connectivity index (χ3n) is 2.95. The number of methoxy groups -OCH3 is 1. The second kappa shape index (κ2) is 6.74. The number of carbonyl (C=O) groups excluding carboxylic acids is 1. The van der Waals surface area contributed by atoms with Crippen LogP contribution >= 0.6 is 0 Å². The van der Waals surface area contributed by atoms with Crippen LogP contribution in [0.2, 0.25) is 0 Å². The highest BCUT2D eigenvalue weighted by molar-refractivity contribution is 5.95. The van der Waals surface area contributed by atoms with E-state index in [9.17, 15) is 9.18 Å². The Labute approximate surface area is 122 Å². The average molecular weight is 288 g/mol. The normalized spacial score (nSPS) is 10.0. The van der Waals surface area contributed by atoms with Crippen LogP contribution in [0.5, 0.6) is 5.75 Å². The van der Waals surface area contributed by atoms with Crippen molar-refractivity contribution >= 4 is 17.3 Å². The summed E-state index contributed by atoms with van der Waals surface area (Å²) < 4.78 is 18.8. The van der Waals surface area contributed by atoms with Crippen LogP contribution in [0.4, 0.5) is 15.8 Å². The van der Waals surface area contributed by atoms with Crippen molar-refractivity contribution in [3.8, 4) is 5.75 Å². The molecule has 0 unspecified atom stereocenters. The second-order valence-electron chi connectivity index (χ2n) is 4.59. The van der Waals surface area contributed by atoms with Crippen molar-refractivity contribution in [2.75, 3.05) is 24.3 Å². The average Bonchev–Trinajstić information content (AvgIpc) is 2.47. The van der Waals surface area contributed by atoms with Gasteiger partial charge in [0.2, 0.25) is 5.91 Å². The van der Waals surface area contributed by atoms with E-state index in [1.54, 1.807) is 37.3 Å². The van der Waals surface area contributed by atoms with Gasteiger partial charge in [0.1, 0.15) is 11.6 Å². The van der Waals surface area contributed by atoms with E-state index in [1.807, 2.05) is 6.07 Å². The van der Waals surface area contributed by atoms with Crippen molar-refractivity contribution in [1.82, 2.24) is 0 Å². The van der Waals surface area contributed by atoms with Crippen molar-refractivity contribution in [3.63, 3.8) is 0 Å². The summed E-state index contributed by atoms with van der Waals surface area (Å²) in [5.41, 5.74) is 1.71. The summed E-state index contributed by atoms with van der Waals surface area (Å²) in [4.78, 5) is 11.9. The molecule has 4 nitrogen and oxygen atoms in total. The van der Waals surface area contributed by atoms with Crippen LogP contribution in [0, 0.1) is 12.7 Å². The Morgan fingerprint density at radius 3 is 2.67 bits per heavy atom. The van der Waals surface area contributed by atoms with E-state index in [2.05, 4.69) is 10.6 Å². The van der Waals surface area contributed by atoms with Crippen LogP contribution in [0.1, 0.15) is 5.56 Å². The molecule has 0 saturated heterocycles. The highest BCUT2D eigenvalue weighted by atomic mass is 19.1. The zero-order valence-electron chi connectivity index (χ0n) is 11.9. The molecule has 1 amide bonds. The van der Waals surface area contributed by atoms with Crippen LogP contribution in [-0.4, -0.2) is 19.6 Å². The maximum atomic E-state index is 13.6. The van der Waals surface area contributed by atoms with Crippen LogP contribution < -0.4 is 15.4 Å². The molecule has 0 bridgehead atoms. The number of anilines is 2. The van der Waals surface area contributed by atoms with Crippen molar-refractivity contribution in [3.05, 3.63) is 53.8 Å². The quantitative estimate of drug-likeness (QED) is 0.888. The van der Waals surface area contributed by atoms with Crippen LogP contribution in [0.15, 0.2) is 42.5 Å². The van der Waals surface area contributed by atoms with Gasteiger partial charge in [-0.05, 0) is 36.8 Å². The van der Waals surface area contributed by atoms with Gasteiger partial charge in [0.15, 0.2) is 0 Å². The van der Waals surface area contributed by atoms with E-state index >= 15 is 0 Å². The monoisotopic (exact) mass is 288 g/mol. The second-order valence-corrected chi connectivity index (χ2v) is 4.59. The molecule has 0 heterocycles. The standard InChI is InChI=1S/C16H17FN2O2/c1-11-7-8-13(12(17)9-11)18-10-16(20)19-14-5-3-4-6-15(14)21-2/h3-9,18H,10H2,1-2H3,(H,19,20). The minimum absolute atomic E-state index is 0.0297. The Balaban J connectivity index is 1.96. The lowest BCUT2D eigenvalue weighted by Gasteiger charge is -2.11. The Bertz CT molecular complexity index is 644. The highest BCUT2D eigenvalue weighted by Gasteiger charge is 2.08. The van der Waals surface area contributed by atoms with Gasteiger partial charge in [-0.3, -0.25) is 4.79 Å². The number of aryl methyl sites for hydroxylation is 1. The molecule has 0 aromatic heterocycles. The number of para-hydroxylation sites is 2. The van der Waals surface area contributed by atoms with Gasteiger partial charge in [0.05, 0.1) is 25.0 Å². The third-order valence-corrected chi connectivity index (χ3v) is 2.95. The first-order chi connectivity index (χ1) is 10.1. The molecule has 0 aliphatic heterocycles. The Morgan fingerprint density at radius 2 is 1.95 bits per heavy atom. The van der Waals surface area contributed by atoms with Crippen LogP contribution in [-0.2, 0) is 4.79 Å². The van der Waals surface area contributed by atoms with Gasteiger partial charge in [0.25, 0.3) is 0 Å². The Morgan fingerprint density at radius 1 is 1.19 bits per heavy atom. The Hall–Kier alpha value is -2.56. The van der Waals surface area contributed by atoms with E-state index in [1.165, 1.54) is 13.2 Å². The van der Waals surface area contributed by atoms with Gasteiger partial charge in [-0.15, -0.1) is 0 Å². The maximum Gasteiger partial charge on any atom is 0.243 e. The van der Waals surface area contributed by atoms with E-state index in [-0.39, 0.29) is 18.3 Å². The minimum Gasteiger partial charge on any atom is -0.495 e. The molecule has 0 aliphatic rings. The van der Waals surface area contributed by atoms with Gasteiger partial charge in [-0.25, -0.2) is 4.39 Å². The zero-order valence-corrected chi connectivity index (χ0v) is 11.9. The van der Waals surface area contributed by atoms with Gasteiger partial charge in [-0.1, -0.05) is 18.2 Å². The van der Waals surface area contributed by atoms with E-state index < -0.39 is 0 Å². The number of hydrogen-bond donors (Lipinski definition) is 2. The maximum absolute atomic E-state index is 13.6. The van der Waals surface area contributed by atoms with Crippen molar-refractivity contribution in [1.29, 1.82) is 0 Å². The molecular formula is C16H17FN2O2. The lowest BCUT2D eigenvalue weighted by atomic mass is 10.2. The number of carbonyl (C=O) groups is 1. The lowest BCUT2D eigenvalue weighted by Crippen LogP contribution is -2.22. The van der Waals surface area contributed by atoms with Crippen molar-refractivity contribution in [2.45, 2.75) is 6.92 Å². The molecule has 2 rings (SSSR count). The van der Waals surface area contributed by atoms with Gasteiger partial charge in [0, 0.05) is 0 Å². The molecule has 110 valence electrons. The van der Waals surface area contributed by atoms with Crippen molar-refractivity contribution in [2.24, 2.45) is 0 Å². The Kier molecular flexibility index (Phi) is 4.77. The lowest BCUT2D eigenvalue weighted by molar-refractivity contribution is -0.114. The summed E-state index contributed by atoms with van der Waals surface area (Å²) in [5, 5.41) is 5.48. The molecule has 0 spiro atoms. The molecule has 0 saturated carbocycles. The summed E-state index contributed by atoms with van der Waals surface area (Å²) in [7, 11) is 1.53. The number of hydrogen-bond acceptors (Lipinski definition) is 3. The first-order valence-electron chi connectivity index (χ1n) is 6.53. The summed E-state index contributed by atoms with van der Waals surface area (Å²) in [6, 6.07) is 11.9. The number of nitrogens with one attached hydrogen (secondary N) is 2. The summed E-state index contributed by atoms with van der Waals surface area (Å²) >= 11 is 0. The third kappa shape index (κ3) is 3.95. The number of ether oxygens (including phenoxy) is 1.